The molecule has 0 bridgehead atoms. The lowest BCUT2D eigenvalue weighted by atomic mass is 10.1. The maximum atomic E-state index is 12.0. The first-order valence-corrected chi connectivity index (χ1v) is 6.72. The molecular weight excluding hydrogens is 322 g/mol. The van der Waals surface area contributed by atoms with Gasteiger partial charge in [-0.2, -0.15) is 0 Å². The molecule has 20 heavy (non-hydrogen) atoms. The van der Waals surface area contributed by atoms with Crippen molar-refractivity contribution < 1.29 is 13.9 Å². The molecule has 1 aromatic carbocycles. The summed E-state index contributed by atoms with van der Waals surface area (Å²) in [7, 11) is 1.35. The van der Waals surface area contributed by atoms with Crippen molar-refractivity contribution in [2.24, 2.45) is 0 Å². The Morgan fingerprint density at radius 2 is 2.00 bits per heavy atom. The number of furan rings is 1. The van der Waals surface area contributed by atoms with E-state index in [1.165, 1.54) is 7.11 Å². The van der Waals surface area contributed by atoms with E-state index < -0.39 is 5.97 Å². The van der Waals surface area contributed by atoms with Crippen LogP contribution in [0, 0.1) is 0 Å². The predicted octanol–water partition coefficient (Wildman–Crippen LogP) is 4.04. The third-order valence-electron chi connectivity index (χ3n) is 2.96. The van der Waals surface area contributed by atoms with E-state index in [4.69, 9.17) is 9.15 Å². The van der Waals surface area contributed by atoms with Gasteiger partial charge in [0.2, 0.25) is 5.71 Å². The molecule has 5 heteroatoms. The predicted molar refractivity (Wildman–Crippen MR) is 78.5 cm³/mol. The van der Waals surface area contributed by atoms with E-state index in [1.54, 1.807) is 18.3 Å². The molecule has 0 saturated heterocycles. The minimum atomic E-state index is -0.435. The van der Waals surface area contributed by atoms with Crippen LogP contribution in [-0.4, -0.2) is 18.1 Å². The van der Waals surface area contributed by atoms with Crippen molar-refractivity contribution in [3.8, 4) is 11.3 Å². The maximum Gasteiger partial charge on any atom is 0.342 e. The van der Waals surface area contributed by atoms with E-state index in [0.29, 0.717) is 22.4 Å². The largest absolute Gasteiger partial charge is 0.465 e. The Morgan fingerprint density at radius 3 is 2.70 bits per heavy atom. The summed E-state index contributed by atoms with van der Waals surface area (Å²) in [5.74, 6) is 0.0349. The van der Waals surface area contributed by atoms with Gasteiger partial charge in [0.05, 0.1) is 12.5 Å². The van der Waals surface area contributed by atoms with Gasteiger partial charge in [-0.15, -0.1) is 0 Å². The van der Waals surface area contributed by atoms with E-state index in [1.807, 2.05) is 24.3 Å². The van der Waals surface area contributed by atoms with Crippen molar-refractivity contribution in [3.63, 3.8) is 0 Å². The van der Waals surface area contributed by atoms with Crippen molar-refractivity contribution in [1.29, 1.82) is 0 Å². The van der Waals surface area contributed by atoms with Crippen LogP contribution in [0.1, 0.15) is 10.4 Å². The Hall–Kier alpha value is -2.14. The highest BCUT2D eigenvalue weighted by Crippen LogP contribution is 2.33. The zero-order valence-electron chi connectivity index (χ0n) is 10.6. The molecule has 0 radical (unpaired) electrons. The van der Waals surface area contributed by atoms with E-state index in [2.05, 4.69) is 20.9 Å². The highest BCUT2D eigenvalue weighted by molar-refractivity contribution is 9.10. The van der Waals surface area contributed by atoms with E-state index in [0.717, 1.165) is 10.0 Å². The van der Waals surface area contributed by atoms with Crippen molar-refractivity contribution in [3.05, 3.63) is 52.6 Å². The quantitative estimate of drug-likeness (QED) is 0.665. The molecule has 0 atom stereocenters. The summed E-state index contributed by atoms with van der Waals surface area (Å²) in [6, 6.07) is 11.1. The van der Waals surface area contributed by atoms with Crippen LogP contribution in [0.5, 0.6) is 0 Å². The van der Waals surface area contributed by atoms with Crippen LogP contribution in [0.25, 0.3) is 22.4 Å². The van der Waals surface area contributed by atoms with Gasteiger partial charge in [0.15, 0.2) is 5.76 Å². The standard InChI is InChI=1S/C15H10BrNO3/c1-19-15(18)12-11-3-2-8-17-14(11)20-13(12)9-4-6-10(16)7-5-9/h2-8H,1H3. The van der Waals surface area contributed by atoms with Gasteiger partial charge in [-0.05, 0) is 24.3 Å². The minimum absolute atomic E-state index is 0.401. The number of aromatic nitrogens is 1. The first-order chi connectivity index (χ1) is 9.70. The number of nitrogens with zero attached hydrogens (tertiary/aromatic N) is 1. The smallest absolute Gasteiger partial charge is 0.342 e. The van der Waals surface area contributed by atoms with Gasteiger partial charge in [-0.1, -0.05) is 28.1 Å². The number of esters is 1. The van der Waals surface area contributed by atoms with Crippen molar-refractivity contribution in [2.75, 3.05) is 7.11 Å². The van der Waals surface area contributed by atoms with Crippen LogP contribution in [-0.2, 0) is 4.74 Å². The molecule has 0 aliphatic heterocycles. The molecule has 0 fully saturated rings. The van der Waals surface area contributed by atoms with E-state index in [-0.39, 0.29) is 0 Å². The lowest BCUT2D eigenvalue weighted by Gasteiger charge is -2.01. The van der Waals surface area contributed by atoms with Crippen LogP contribution in [0.15, 0.2) is 51.5 Å². The molecule has 4 nitrogen and oxygen atoms in total. The van der Waals surface area contributed by atoms with Crippen LogP contribution >= 0.6 is 15.9 Å². The number of hydrogen-bond donors (Lipinski definition) is 0. The van der Waals surface area contributed by atoms with Gasteiger partial charge in [0.1, 0.15) is 5.56 Å². The van der Waals surface area contributed by atoms with Gasteiger partial charge < -0.3 is 9.15 Å². The third-order valence-corrected chi connectivity index (χ3v) is 3.49. The molecule has 0 spiro atoms. The number of fused-ring (bicyclic) bond motifs is 1. The molecule has 0 amide bonds. The van der Waals surface area contributed by atoms with Crippen LogP contribution < -0.4 is 0 Å². The fourth-order valence-electron chi connectivity index (χ4n) is 2.04. The highest BCUT2D eigenvalue weighted by Gasteiger charge is 2.23. The van der Waals surface area contributed by atoms with Crippen LogP contribution in [0.2, 0.25) is 0 Å². The highest BCUT2D eigenvalue weighted by atomic mass is 79.9. The monoisotopic (exact) mass is 331 g/mol. The topological polar surface area (TPSA) is 52.3 Å². The molecule has 3 aromatic rings. The van der Waals surface area contributed by atoms with E-state index >= 15 is 0 Å². The van der Waals surface area contributed by atoms with Crippen molar-refractivity contribution in [2.45, 2.75) is 0 Å². The van der Waals surface area contributed by atoms with Gasteiger partial charge in [-0.25, -0.2) is 9.78 Å². The summed E-state index contributed by atoms with van der Waals surface area (Å²) in [6.45, 7) is 0. The summed E-state index contributed by atoms with van der Waals surface area (Å²) in [4.78, 5) is 16.2. The molecule has 3 rings (SSSR count). The number of carbonyl (C=O) groups is 1. The van der Waals surface area contributed by atoms with Crippen molar-refractivity contribution in [1.82, 2.24) is 4.98 Å². The fraction of sp³-hybridized carbons (Fsp3) is 0.0667. The Labute approximate surface area is 123 Å². The second kappa shape index (κ2) is 5.09. The molecule has 0 unspecified atom stereocenters. The first-order valence-electron chi connectivity index (χ1n) is 5.92. The summed E-state index contributed by atoms with van der Waals surface area (Å²) < 4.78 is 11.5. The average molecular weight is 332 g/mol. The normalized spacial score (nSPS) is 10.7. The number of hydrogen-bond acceptors (Lipinski definition) is 4. The molecule has 0 N–H and O–H groups in total. The summed E-state index contributed by atoms with van der Waals surface area (Å²) in [5, 5.41) is 0.650. The number of benzene rings is 1. The average Bonchev–Trinajstić information content (AvgIpc) is 2.86. The maximum absolute atomic E-state index is 12.0. The van der Waals surface area contributed by atoms with Gasteiger partial charge >= 0.3 is 5.97 Å². The molecule has 0 aliphatic rings. The first kappa shape index (κ1) is 12.9. The fourth-order valence-corrected chi connectivity index (χ4v) is 2.31. The molecule has 2 aromatic heterocycles. The molecule has 100 valence electrons. The van der Waals surface area contributed by atoms with Crippen molar-refractivity contribution >= 4 is 33.0 Å². The van der Waals surface area contributed by atoms with Gasteiger partial charge in [0.25, 0.3) is 0 Å². The minimum Gasteiger partial charge on any atom is -0.465 e. The SMILES string of the molecule is COC(=O)c1c(-c2ccc(Br)cc2)oc2ncccc12. The number of carbonyl (C=O) groups excluding carboxylic acids is 1. The second-order valence-electron chi connectivity index (χ2n) is 4.16. The van der Waals surface area contributed by atoms with Crippen LogP contribution in [0.4, 0.5) is 0 Å². The number of rotatable bonds is 2. The van der Waals surface area contributed by atoms with Gasteiger partial charge in [-0.3, -0.25) is 0 Å². The molecule has 0 aliphatic carbocycles. The zero-order valence-corrected chi connectivity index (χ0v) is 12.2. The summed E-state index contributed by atoms with van der Waals surface area (Å²) >= 11 is 3.38. The summed E-state index contributed by atoms with van der Waals surface area (Å²) in [5.41, 5.74) is 1.62. The Kier molecular flexibility index (Phi) is 3.28. The lowest BCUT2D eigenvalue weighted by Crippen LogP contribution is -2.01. The zero-order chi connectivity index (χ0) is 14.1. The Bertz CT molecular complexity index is 777. The lowest BCUT2D eigenvalue weighted by molar-refractivity contribution is 0.0603. The summed E-state index contributed by atoms with van der Waals surface area (Å²) in [6.07, 6.45) is 1.62. The number of methoxy groups -OCH3 is 1. The second-order valence-corrected chi connectivity index (χ2v) is 5.08. The number of ether oxygens (including phenoxy) is 1. The molecule has 0 saturated carbocycles. The molecular formula is C15H10BrNO3. The Morgan fingerprint density at radius 1 is 1.25 bits per heavy atom. The number of pyridine rings is 1. The molecule has 2 heterocycles. The third kappa shape index (κ3) is 2.10. The van der Waals surface area contributed by atoms with Gasteiger partial charge in [0, 0.05) is 16.2 Å². The Balaban J connectivity index is 2.29. The van der Waals surface area contributed by atoms with E-state index in [9.17, 15) is 4.79 Å². The number of halogens is 1. The van der Waals surface area contributed by atoms with Crippen LogP contribution in [0.3, 0.4) is 0 Å².